The number of carbonyl (C=O) groups excluding carboxylic acids is 1. The van der Waals surface area contributed by atoms with Gasteiger partial charge in [-0.3, -0.25) is 4.79 Å². The third-order valence-electron chi connectivity index (χ3n) is 5.05. The molecule has 1 saturated heterocycles. The van der Waals surface area contributed by atoms with Crippen molar-refractivity contribution < 1.29 is 9.18 Å². The molecule has 8 heteroatoms. The van der Waals surface area contributed by atoms with E-state index in [0.29, 0.717) is 36.7 Å². The third kappa shape index (κ3) is 2.25. The lowest BCUT2D eigenvalue weighted by atomic mass is 10.1. The number of imidazole rings is 1. The number of hydrogen-bond acceptors (Lipinski definition) is 4. The van der Waals surface area contributed by atoms with Crippen LogP contribution in [0.2, 0.25) is 0 Å². The molecule has 0 spiro atoms. The van der Waals surface area contributed by atoms with Crippen molar-refractivity contribution in [2.75, 3.05) is 6.54 Å². The second-order valence-corrected chi connectivity index (χ2v) is 6.74. The molecule has 132 valence electrons. The van der Waals surface area contributed by atoms with Crippen LogP contribution in [0.25, 0.3) is 17.1 Å². The molecule has 2 aliphatic rings. The Labute approximate surface area is 149 Å². The minimum atomic E-state index is -0.324. The summed E-state index contributed by atoms with van der Waals surface area (Å²) in [6.07, 6.45) is 3.20. The second kappa shape index (κ2) is 5.48. The van der Waals surface area contributed by atoms with E-state index >= 15 is 0 Å². The van der Waals surface area contributed by atoms with Gasteiger partial charge in [0.2, 0.25) is 5.91 Å². The van der Waals surface area contributed by atoms with Gasteiger partial charge < -0.3 is 9.47 Å². The standard InChI is InChI=1S/C18H17FN6O/c1-11-15-8-25-18(21-16(22-25)9-23-6-2-3-17(23)26)13-7-12(19)4-5-14(13)24(15)10-20-11/h4-5,7,10H,2-3,6,8-9H2,1H3. The molecule has 0 saturated carbocycles. The molecule has 0 bridgehead atoms. The first-order valence-corrected chi connectivity index (χ1v) is 8.65. The van der Waals surface area contributed by atoms with Crippen LogP contribution in [-0.4, -0.2) is 41.7 Å². The van der Waals surface area contributed by atoms with Crippen molar-refractivity contribution >= 4 is 5.91 Å². The molecule has 2 aliphatic heterocycles. The maximum Gasteiger partial charge on any atom is 0.223 e. The Morgan fingerprint density at radius 3 is 3.00 bits per heavy atom. The third-order valence-corrected chi connectivity index (χ3v) is 5.05. The average molecular weight is 352 g/mol. The van der Waals surface area contributed by atoms with E-state index in [4.69, 9.17) is 0 Å². The van der Waals surface area contributed by atoms with Crippen molar-refractivity contribution in [1.29, 1.82) is 0 Å². The van der Waals surface area contributed by atoms with Crippen LogP contribution in [0, 0.1) is 12.7 Å². The number of halogens is 1. The molecule has 0 unspecified atom stereocenters. The van der Waals surface area contributed by atoms with Gasteiger partial charge in [0.05, 0.1) is 36.5 Å². The Hall–Kier alpha value is -3.03. The van der Waals surface area contributed by atoms with Gasteiger partial charge in [0.25, 0.3) is 0 Å². The van der Waals surface area contributed by atoms with Crippen molar-refractivity contribution in [2.24, 2.45) is 0 Å². The summed E-state index contributed by atoms with van der Waals surface area (Å²) >= 11 is 0. The Morgan fingerprint density at radius 1 is 1.31 bits per heavy atom. The summed E-state index contributed by atoms with van der Waals surface area (Å²) in [6.45, 7) is 3.57. The van der Waals surface area contributed by atoms with Gasteiger partial charge >= 0.3 is 0 Å². The number of fused-ring (bicyclic) bond motifs is 5. The molecule has 1 fully saturated rings. The van der Waals surface area contributed by atoms with Crippen LogP contribution in [0.4, 0.5) is 4.39 Å². The number of rotatable bonds is 2. The van der Waals surface area contributed by atoms with Gasteiger partial charge in [-0.2, -0.15) is 5.10 Å². The molecule has 0 aliphatic carbocycles. The molecule has 0 N–H and O–H groups in total. The zero-order chi connectivity index (χ0) is 17.8. The zero-order valence-corrected chi connectivity index (χ0v) is 14.3. The molecular weight excluding hydrogens is 335 g/mol. The van der Waals surface area contributed by atoms with Gasteiger partial charge in [-0.05, 0) is 31.5 Å². The maximum absolute atomic E-state index is 14.0. The van der Waals surface area contributed by atoms with Gasteiger partial charge in [-0.25, -0.2) is 19.0 Å². The second-order valence-electron chi connectivity index (χ2n) is 6.74. The normalized spacial score (nSPS) is 15.6. The maximum atomic E-state index is 14.0. The molecule has 1 aromatic carbocycles. The fourth-order valence-electron chi connectivity index (χ4n) is 3.71. The van der Waals surface area contributed by atoms with Crippen molar-refractivity contribution in [3.63, 3.8) is 0 Å². The highest BCUT2D eigenvalue weighted by Crippen LogP contribution is 2.32. The molecule has 4 heterocycles. The van der Waals surface area contributed by atoms with Crippen LogP contribution in [0.3, 0.4) is 0 Å². The first-order valence-electron chi connectivity index (χ1n) is 8.65. The van der Waals surface area contributed by atoms with E-state index in [9.17, 15) is 9.18 Å². The first kappa shape index (κ1) is 15.2. The van der Waals surface area contributed by atoms with Crippen molar-refractivity contribution in [1.82, 2.24) is 29.2 Å². The monoisotopic (exact) mass is 352 g/mol. The number of aryl methyl sites for hydroxylation is 1. The quantitative estimate of drug-likeness (QED) is 0.554. The fraction of sp³-hybridized carbons (Fsp3) is 0.333. The zero-order valence-electron chi connectivity index (χ0n) is 14.3. The lowest BCUT2D eigenvalue weighted by Crippen LogP contribution is -2.24. The summed E-state index contributed by atoms with van der Waals surface area (Å²) in [6, 6.07) is 4.65. The van der Waals surface area contributed by atoms with Gasteiger partial charge in [0.1, 0.15) is 5.82 Å². The number of carbonyl (C=O) groups is 1. The Morgan fingerprint density at radius 2 is 2.19 bits per heavy atom. The Kier molecular flexibility index (Phi) is 3.22. The van der Waals surface area contributed by atoms with Crippen molar-refractivity contribution in [2.45, 2.75) is 32.9 Å². The molecule has 26 heavy (non-hydrogen) atoms. The van der Waals surface area contributed by atoms with E-state index in [2.05, 4.69) is 15.1 Å². The molecule has 3 aromatic rings. The predicted octanol–water partition coefficient (Wildman–Crippen LogP) is 2.06. The number of benzene rings is 1. The minimum Gasteiger partial charge on any atom is -0.335 e. The van der Waals surface area contributed by atoms with Crippen molar-refractivity contribution in [3.8, 4) is 17.1 Å². The molecule has 0 atom stereocenters. The van der Waals surface area contributed by atoms with Gasteiger partial charge in [0, 0.05) is 18.5 Å². The summed E-state index contributed by atoms with van der Waals surface area (Å²) in [5, 5.41) is 4.60. The molecular formula is C18H17FN6O. The lowest BCUT2D eigenvalue weighted by molar-refractivity contribution is -0.128. The number of likely N-dealkylation sites (tertiary alicyclic amines) is 1. The highest BCUT2D eigenvalue weighted by atomic mass is 19.1. The smallest absolute Gasteiger partial charge is 0.223 e. The number of nitrogens with zero attached hydrogens (tertiary/aromatic N) is 6. The van der Waals surface area contributed by atoms with E-state index in [0.717, 1.165) is 30.0 Å². The number of hydrogen-bond donors (Lipinski definition) is 0. The minimum absolute atomic E-state index is 0.135. The Bertz CT molecular complexity index is 1040. The topological polar surface area (TPSA) is 68.8 Å². The van der Waals surface area contributed by atoms with Gasteiger partial charge in [0.15, 0.2) is 11.6 Å². The molecule has 5 rings (SSSR count). The lowest BCUT2D eigenvalue weighted by Gasteiger charge is -2.12. The van der Waals surface area contributed by atoms with Crippen LogP contribution in [0.1, 0.15) is 30.1 Å². The number of amides is 1. The highest BCUT2D eigenvalue weighted by Gasteiger charge is 2.26. The van der Waals surface area contributed by atoms with E-state index in [1.807, 2.05) is 11.5 Å². The highest BCUT2D eigenvalue weighted by molar-refractivity contribution is 5.78. The SMILES string of the molecule is Cc1ncn2c1Cn1nc(CN3CCCC3=O)nc1-c1cc(F)ccc1-2. The van der Waals surface area contributed by atoms with Gasteiger partial charge in [-0.1, -0.05) is 0 Å². The first-order chi connectivity index (χ1) is 12.6. The molecule has 1 amide bonds. The van der Waals surface area contributed by atoms with Crippen molar-refractivity contribution in [3.05, 3.63) is 47.6 Å². The molecule has 7 nitrogen and oxygen atoms in total. The predicted molar refractivity (Wildman–Crippen MR) is 91.0 cm³/mol. The Balaban J connectivity index is 1.64. The van der Waals surface area contributed by atoms with E-state index < -0.39 is 0 Å². The van der Waals surface area contributed by atoms with Crippen LogP contribution >= 0.6 is 0 Å². The van der Waals surface area contributed by atoms with Crippen LogP contribution in [0.15, 0.2) is 24.5 Å². The summed E-state index contributed by atoms with van der Waals surface area (Å²) in [4.78, 5) is 22.7. The summed E-state index contributed by atoms with van der Waals surface area (Å²) in [5.74, 6) is 1.01. The summed E-state index contributed by atoms with van der Waals surface area (Å²) in [5.41, 5.74) is 3.40. The summed E-state index contributed by atoms with van der Waals surface area (Å²) < 4.78 is 17.7. The fourth-order valence-corrected chi connectivity index (χ4v) is 3.71. The van der Waals surface area contributed by atoms with Crippen LogP contribution in [0.5, 0.6) is 0 Å². The largest absolute Gasteiger partial charge is 0.335 e. The number of aromatic nitrogens is 5. The van der Waals surface area contributed by atoms with E-state index in [1.54, 1.807) is 22.0 Å². The van der Waals surface area contributed by atoms with Crippen LogP contribution < -0.4 is 0 Å². The average Bonchev–Trinajstić information content (AvgIpc) is 3.28. The van der Waals surface area contributed by atoms with Gasteiger partial charge in [-0.15, -0.1) is 0 Å². The van der Waals surface area contributed by atoms with Crippen LogP contribution in [-0.2, 0) is 17.9 Å². The van der Waals surface area contributed by atoms with E-state index in [1.165, 1.54) is 12.1 Å². The molecule has 2 aromatic heterocycles. The van der Waals surface area contributed by atoms with E-state index in [-0.39, 0.29) is 11.7 Å². The molecule has 0 radical (unpaired) electrons. The summed E-state index contributed by atoms with van der Waals surface area (Å²) in [7, 11) is 0.